The van der Waals surface area contributed by atoms with Crippen LogP contribution in [0.2, 0.25) is 0 Å². The van der Waals surface area contributed by atoms with E-state index in [0.717, 1.165) is 39.0 Å². The van der Waals surface area contributed by atoms with Gasteiger partial charge in [0.1, 0.15) is 5.92 Å². The summed E-state index contributed by atoms with van der Waals surface area (Å²) in [6.45, 7) is 6.26. The van der Waals surface area contributed by atoms with Crippen LogP contribution >= 0.6 is 0 Å². The van der Waals surface area contributed by atoms with Crippen LogP contribution in [-0.2, 0) is 9.53 Å². The third-order valence-corrected chi connectivity index (χ3v) is 3.66. The molecule has 0 aromatic rings. The first-order valence-corrected chi connectivity index (χ1v) is 6.78. The zero-order valence-electron chi connectivity index (χ0n) is 11.7. The van der Waals surface area contributed by atoms with Gasteiger partial charge >= 0.3 is 0 Å². The second-order valence-corrected chi connectivity index (χ2v) is 5.46. The van der Waals surface area contributed by atoms with Gasteiger partial charge in [0.2, 0.25) is 5.91 Å². The lowest BCUT2D eigenvalue weighted by molar-refractivity contribution is -0.133. The zero-order chi connectivity index (χ0) is 13.5. The van der Waals surface area contributed by atoms with Gasteiger partial charge in [0.15, 0.2) is 0 Å². The van der Waals surface area contributed by atoms with E-state index in [0.29, 0.717) is 5.92 Å². The quantitative estimate of drug-likeness (QED) is 0.752. The molecule has 1 rings (SSSR count). The van der Waals surface area contributed by atoms with Gasteiger partial charge < -0.3 is 9.64 Å². The number of carbonyl (C=O) groups is 1. The lowest BCUT2D eigenvalue weighted by Gasteiger charge is -2.26. The molecule has 1 atom stereocenters. The molecule has 0 aromatic carbocycles. The summed E-state index contributed by atoms with van der Waals surface area (Å²) >= 11 is 0. The Morgan fingerprint density at radius 3 is 2.56 bits per heavy atom. The molecule has 4 heteroatoms. The molecule has 1 aliphatic rings. The molecule has 1 saturated heterocycles. The molecule has 0 saturated carbocycles. The van der Waals surface area contributed by atoms with Crippen molar-refractivity contribution in [1.29, 1.82) is 5.26 Å². The van der Waals surface area contributed by atoms with Gasteiger partial charge in [-0.15, -0.1) is 0 Å². The van der Waals surface area contributed by atoms with Gasteiger partial charge in [-0.25, -0.2) is 0 Å². The van der Waals surface area contributed by atoms with E-state index in [4.69, 9.17) is 10.00 Å². The Hall–Kier alpha value is -1.08. The summed E-state index contributed by atoms with van der Waals surface area (Å²) in [7, 11) is 1.80. The molecule has 1 heterocycles. The van der Waals surface area contributed by atoms with Gasteiger partial charge in [-0.05, 0) is 31.1 Å². The number of ether oxygens (including phenoxy) is 1. The molecule has 0 N–H and O–H groups in total. The number of hydrogen-bond acceptors (Lipinski definition) is 3. The minimum Gasteiger partial charge on any atom is -0.381 e. The molecule has 1 unspecified atom stereocenters. The minimum atomic E-state index is -0.510. The molecule has 4 nitrogen and oxygen atoms in total. The fourth-order valence-corrected chi connectivity index (χ4v) is 2.25. The van der Waals surface area contributed by atoms with Crippen molar-refractivity contribution in [2.75, 3.05) is 26.8 Å². The second-order valence-electron chi connectivity index (χ2n) is 5.46. The zero-order valence-corrected chi connectivity index (χ0v) is 11.7. The van der Waals surface area contributed by atoms with Crippen LogP contribution in [0, 0.1) is 29.1 Å². The van der Waals surface area contributed by atoms with Crippen molar-refractivity contribution in [1.82, 2.24) is 4.90 Å². The third kappa shape index (κ3) is 4.30. The van der Waals surface area contributed by atoms with E-state index in [2.05, 4.69) is 6.07 Å². The topological polar surface area (TPSA) is 53.3 Å². The Morgan fingerprint density at radius 1 is 1.44 bits per heavy atom. The monoisotopic (exact) mass is 252 g/mol. The van der Waals surface area contributed by atoms with E-state index in [-0.39, 0.29) is 11.8 Å². The fourth-order valence-electron chi connectivity index (χ4n) is 2.25. The molecule has 1 amide bonds. The van der Waals surface area contributed by atoms with E-state index < -0.39 is 5.92 Å². The number of hydrogen-bond donors (Lipinski definition) is 0. The first-order chi connectivity index (χ1) is 8.56. The van der Waals surface area contributed by atoms with Crippen LogP contribution in [-0.4, -0.2) is 37.6 Å². The highest BCUT2D eigenvalue weighted by Gasteiger charge is 2.25. The van der Waals surface area contributed by atoms with Gasteiger partial charge in [-0.2, -0.15) is 5.26 Å². The molecule has 0 aliphatic carbocycles. The second kappa shape index (κ2) is 7.38. The predicted octanol–water partition coefficient (Wildman–Crippen LogP) is 2.06. The van der Waals surface area contributed by atoms with Crippen LogP contribution in [0.5, 0.6) is 0 Å². The van der Waals surface area contributed by atoms with Gasteiger partial charge in [-0.3, -0.25) is 4.79 Å². The molecule has 0 spiro atoms. The summed E-state index contributed by atoms with van der Waals surface area (Å²) in [6, 6.07) is 2.11. The summed E-state index contributed by atoms with van der Waals surface area (Å²) < 4.78 is 5.32. The molecular formula is C14H24N2O2. The standard InChI is InChI=1S/C14H24N2O2/c1-11(2)13(10-15)14(17)16(3)7-4-12-5-8-18-9-6-12/h11-13H,4-9H2,1-3H3. The highest BCUT2D eigenvalue weighted by molar-refractivity contribution is 5.81. The average molecular weight is 252 g/mol. The van der Waals surface area contributed by atoms with Gasteiger partial charge in [0.25, 0.3) is 0 Å². The molecule has 0 radical (unpaired) electrons. The van der Waals surface area contributed by atoms with Gasteiger partial charge in [-0.1, -0.05) is 13.8 Å². The highest BCUT2D eigenvalue weighted by atomic mass is 16.5. The summed E-state index contributed by atoms with van der Waals surface area (Å²) in [5.74, 6) is 0.186. The largest absolute Gasteiger partial charge is 0.381 e. The van der Waals surface area contributed by atoms with Gasteiger partial charge in [0.05, 0.1) is 6.07 Å². The fraction of sp³-hybridized carbons (Fsp3) is 0.857. The summed E-state index contributed by atoms with van der Waals surface area (Å²) in [5, 5.41) is 9.02. The Kier molecular flexibility index (Phi) is 6.14. The number of carbonyl (C=O) groups excluding carboxylic acids is 1. The van der Waals surface area contributed by atoms with Crippen molar-refractivity contribution in [3.63, 3.8) is 0 Å². The van der Waals surface area contributed by atoms with Crippen LogP contribution < -0.4 is 0 Å². The van der Waals surface area contributed by atoms with Crippen LogP contribution in [0.3, 0.4) is 0 Å². The van der Waals surface area contributed by atoms with E-state index in [9.17, 15) is 4.79 Å². The molecule has 1 aliphatic heterocycles. The molecule has 1 fully saturated rings. The van der Waals surface area contributed by atoms with Crippen LogP contribution in [0.25, 0.3) is 0 Å². The number of rotatable bonds is 5. The Bertz CT molecular complexity index is 303. The number of amides is 1. The maximum Gasteiger partial charge on any atom is 0.239 e. The van der Waals surface area contributed by atoms with Crippen molar-refractivity contribution in [2.45, 2.75) is 33.1 Å². The third-order valence-electron chi connectivity index (χ3n) is 3.66. The SMILES string of the molecule is CC(C)C(C#N)C(=O)N(C)CCC1CCOCC1. The molecule has 0 aromatic heterocycles. The first-order valence-electron chi connectivity index (χ1n) is 6.78. The van der Waals surface area contributed by atoms with E-state index >= 15 is 0 Å². The summed E-state index contributed by atoms with van der Waals surface area (Å²) in [6.07, 6.45) is 3.20. The number of nitrogens with zero attached hydrogens (tertiary/aromatic N) is 2. The normalized spacial score (nSPS) is 18.4. The van der Waals surface area contributed by atoms with Crippen molar-refractivity contribution in [3.8, 4) is 6.07 Å². The van der Waals surface area contributed by atoms with Crippen LogP contribution in [0.1, 0.15) is 33.1 Å². The number of nitriles is 1. The lowest BCUT2D eigenvalue weighted by atomic mass is 9.94. The Balaban J connectivity index is 2.37. The first kappa shape index (κ1) is 15.0. The molecule has 0 bridgehead atoms. The highest BCUT2D eigenvalue weighted by Crippen LogP contribution is 2.19. The Morgan fingerprint density at radius 2 is 2.06 bits per heavy atom. The van der Waals surface area contributed by atoms with Gasteiger partial charge in [0, 0.05) is 26.8 Å². The van der Waals surface area contributed by atoms with E-state index in [1.165, 1.54) is 0 Å². The molecular weight excluding hydrogens is 228 g/mol. The Labute approximate surface area is 110 Å². The summed E-state index contributed by atoms with van der Waals surface area (Å²) in [5.41, 5.74) is 0. The van der Waals surface area contributed by atoms with Crippen molar-refractivity contribution >= 4 is 5.91 Å². The van der Waals surface area contributed by atoms with E-state index in [1.54, 1.807) is 11.9 Å². The molecule has 18 heavy (non-hydrogen) atoms. The van der Waals surface area contributed by atoms with Crippen LogP contribution in [0.15, 0.2) is 0 Å². The minimum absolute atomic E-state index is 0.0421. The van der Waals surface area contributed by atoms with Crippen molar-refractivity contribution in [3.05, 3.63) is 0 Å². The predicted molar refractivity (Wildman–Crippen MR) is 69.7 cm³/mol. The molecule has 102 valence electrons. The van der Waals surface area contributed by atoms with E-state index in [1.807, 2.05) is 13.8 Å². The maximum absolute atomic E-state index is 12.1. The summed E-state index contributed by atoms with van der Waals surface area (Å²) in [4.78, 5) is 13.8. The maximum atomic E-state index is 12.1. The average Bonchev–Trinajstić information content (AvgIpc) is 2.37. The van der Waals surface area contributed by atoms with Crippen LogP contribution in [0.4, 0.5) is 0 Å². The lowest BCUT2D eigenvalue weighted by Crippen LogP contribution is -2.36. The smallest absolute Gasteiger partial charge is 0.239 e. The van der Waals surface area contributed by atoms with Crippen molar-refractivity contribution < 1.29 is 9.53 Å². The van der Waals surface area contributed by atoms with Crippen molar-refractivity contribution in [2.24, 2.45) is 17.8 Å².